The van der Waals surface area contributed by atoms with Crippen LogP contribution < -0.4 is 4.74 Å². The Labute approximate surface area is 160 Å². The molecular weight excluding hydrogens is 366 g/mol. The first-order valence-electron chi connectivity index (χ1n) is 8.61. The lowest BCUT2D eigenvalue weighted by Gasteiger charge is -2.11. The summed E-state index contributed by atoms with van der Waals surface area (Å²) in [4.78, 5) is 12.0. The van der Waals surface area contributed by atoms with Crippen LogP contribution in [0, 0.1) is 0 Å². The van der Waals surface area contributed by atoms with Gasteiger partial charge in [0, 0.05) is 12.0 Å². The molecule has 0 amide bonds. The van der Waals surface area contributed by atoms with Gasteiger partial charge < -0.3 is 13.9 Å². The van der Waals surface area contributed by atoms with Crippen molar-refractivity contribution in [3.63, 3.8) is 0 Å². The standard InChI is InChI=1S/C19H19N3O4S/c1-12-9-16(18(23)26-12)27-19-21-20-17(13-5-3-6-14(10-13)24-2)22(19)11-15-7-4-8-25-15/h3-8,10,12,16H,9,11H2,1-2H3/t12-,16-/m0/s1. The maximum absolute atomic E-state index is 12.0. The predicted octanol–water partition coefficient (Wildman–Crippen LogP) is 3.39. The molecule has 3 heterocycles. The summed E-state index contributed by atoms with van der Waals surface area (Å²) in [5.74, 6) is 2.00. The second-order valence-corrected chi connectivity index (χ2v) is 7.46. The minimum Gasteiger partial charge on any atom is -0.497 e. The molecule has 1 aromatic carbocycles. The topological polar surface area (TPSA) is 79.4 Å². The van der Waals surface area contributed by atoms with Gasteiger partial charge in [0.05, 0.1) is 19.9 Å². The molecular formula is C19H19N3O4S. The van der Waals surface area contributed by atoms with E-state index in [0.29, 0.717) is 23.9 Å². The Bertz CT molecular complexity index is 938. The first kappa shape index (κ1) is 17.7. The maximum atomic E-state index is 12.0. The molecule has 0 bridgehead atoms. The van der Waals surface area contributed by atoms with Crippen LogP contribution in [0.3, 0.4) is 0 Å². The Hall–Kier alpha value is -2.74. The summed E-state index contributed by atoms with van der Waals surface area (Å²) in [7, 11) is 1.63. The van der Waals surface area contributed by atoms with Crippen molar-refractivity contribution in [1.82, 2.24) is 14.8 Å². The molecule has 1 aliphatic heterocycles. The monoisotopic (exact) mass is 385 g/mol. The van der Waals surface area contributed by atoms with Gasteiger partial charge in [-0.05, 0) is 31.2 Å². The zero-order valence-electron chi connectivity index (χ0n) is 15.0. The Morgan fingerprint density at radius 2 is 2.19 bits per heavy atom. The van der Waals surface area contributed by atoms with E-state index in [2.05, 4.69) is 10.2 Å². The van der Waals surface area contributed by atoms with Crippen molar-refractivity contribution in [3.05, 3.63) is 48.4 Å². The van der Waals surface area contributed by atoms with Gasteiger partial charge in [-0.2, -0.15) is 0 Å². The second-order valence-electron chi connectivity index (χ2n) is 6.29. The zero-order valence-corrected chi connectivity index (χ0v) is 15.8. The van der Waals surface area contributed by atoms with Crippen molar-refractivity contribution >= 4 is 17.7 Å². The van der Waals surface area contributed by atoms with Gasteiger partial charge in [0.1, 0.15) is 22.9 Å². The molecule has 1 saturated heterocycles. The molecule has 27 heavy (non-hydrogen) atoms. The van der Waals surface area contributed by atoms with Crippen LogP contribution in [0.25, 0.3) is 11.4 Å². The van der Waals surface area contributed by atoms with Crippen molar-refractivity contribution in [1.29, 1.82) is 0 Å². The number of aromatic nitrogens is 3. The van der Waals surface area contributed by atoms with Crippen LogP contribution in [0.2, 0.25) is 0 Å². The largest absolute Gasteiger partial charge is 0.497 e. The first-order chi connectivity index (χ1) is 13.1. The lowest BCUT2D eigenvalue weighted by atomic mass is 10.2. The average molecular weight is 385 g/mol. The van der Waals surface area contributed by atoms with Crippen molar-refractivity contribution in [3.8, 4) is 17.1 Å². The molecule has 2 aromatic heterocycles. The number of carbonyl (C=O) groups excluding carboxylic acids is 1. The molecule has 8 heteroatoms. The minimum absolute atomic E-state index is 0.0747. The number of carbonyl (C=O) groups is 1. The van der Waals surface area contributed by atoms with Gasteiger partial charge in [0.2, 0.25) is 0 Å². The molecule has 2 atom stereocenters. The molecule has 0 N–H and O–H groups in total. The second kappa shape index (κ2) is 7.48. The van der Waals surface area contributed by atoms with E-state index in [1.807, 2.05) is 47.9 Å². The molecule has 140 valence electrons. The fourth-order valence-corrected chi connectivity index (χ4v) is 4.14. The molecule has 0 saturated carbocycles. The summed E-state index contributed by atoms with van der Waals surface area (Å²) < 4.78 is 18.0. The van der Waals surface area contributed by atoms with Gasteiger partial charge in [0.25, 0.3) is 0 Å². The fourth-order valence-electron chi connectivity index (χ4n) is 3.00. The van der Waals surface area contributed by atoms with Gasteiger partial charge in [0.15, 0.2) is 11.0 Å². The van der Waals surface area contributed by atoms with Crippen LogP contribution in [0.1, 0.15) is 19.1 Å². The molecule has 0 spiro atoms. The highest BCUT2D eigenvalue weighted by Crippen LogP contribution is 2.34. The number of methoxy groups -OCH3 is 1. The highest BCUT2D eigenvalue weighted by atomic mass is 32.2. The van der Waals surface area contributed by atoms with E-state index in [-0.39, 0.29) is 17.3 Å². The minimum atomic E-state index is -0.280. The molecule has 4 rings (SSSR count). The molecule has 0 radical (unpaired) electrons. The number of benzene rings is 1. The van der Waals surface area contributed by atoms with E-state index in [4.69, 9.17) is 13.9 Å². The van der Waals surface area contributed by atoms with Gasteiger partial charge in [-0.3, -0.25) is 9.36 Å². The molecule has 0 unspecified atom stereocenters. The Morgan fingerprint density at radius 1 is 1.30 bits per heavy atom. The van der Waals surface area contributed by atoms with Crippen LogP contribution in [0.4, 0.5) is 0 Å². The molecule has 3 aromatic rings. The van der Waals surface area contributed by atoms with Gasteiger partial charge in [-0.15, -0.1) is 10.2 Å². The number of hydrogen-bond acceptors (Lipinski definition) is 7. The summed E-state index contributed by atoms with van der Waals surface area (Å²) in [5.41, 5.74) is 0.877. The smallest absolute Gasteiger partial charge is 0.319 e. The van der Waals surface area contributed by atoms with E-state index < -0.39 is 0 Å². The third-order valence-corrected chi connectivity index (χ3v) is 5.50. The lowest BCUT2D eigenvalue weighted by Crippen LogP contribution is -2.12. The number of esters is 1. The van der Waals surface area contributed by atoms with E-state index in [0.717, 1.165) is 17.1 Å². The van der Waals surface area contributed by atoms with E-state index in [1.54, 1.807) is 13.4 Å². The Morgan fingerprint density at radius 3 is 2.89 bits per heavy atom. The normalized spacial score (nSPS) is 19.3. The van der Waals surface area contributed by atoms with Crippen molar-refractivity contribution in [2.75, 3.05) is 7.11 Å². The van der Waals surface area contributed by atoms with Crippen LogP contribution in [0.15, 0.2) is 52.2 Å². The predicted molar refractivity (Wildman–Crippen MR) is 99.6 cm³/mol. The third kappa shape index (κ3) is 3.71. The first-order valence-corrected chi connectivity index (χ1v) is 9.49. The molecule has 7 nitrogen and oxygen atoms in total. The molecule has 1 fully saturated rings. The number of thioether (sulfide) groups is 1. The number of nitrogens with zero attached hydrogens (tertiary/aromatic N) is 3. The van der Waals surface area contributed by atoms with Crippen LogP contribution in [-0.4, -0.2) is 39.2 Å². The molecule has 0 aliphatic carbocycles. The lowest BCUT2D eigenvalue weighted by molar-refractivity contribution is -0.140. The summed E-state index contributed by atoms with van der Waals surface area (Å²) >= 11 is 1.38. The fraction of sp³-hybridized carbons (Fsp3) is 0.316. The zero-order chi connectivity index (χ0) is 18.8. The van der Waals surface area contributed by atoms with Gasteiger partial charge >= 0.3 is 5.97 Å². The van der Waals surface area contributed by atoms with E-state index >= 15 is 0 Å². The SMILES string of the molecule is COc1cccc(-c2nnc(S[C@H]3C[C@H](C)OC3=O)n2Cc2ccco2)c1. The number of furan rings is 1. The number of rotatable bonds is 6. The van der Waals surface area contributed by atoms with Crippen molar-refractivity contribution in [2.24, 2.45) is 0 Å². The average Bonchev–Trinajstić information content (AvgIpc) is 3.38. The number of hydrogen-bond donors (Lipinski definition) is 0. The number of cyclic esters (lactones) is 1. The van der Waals surface area contributed by atoms with Crippen LogP contribution in [0.5, 0.6) is 5.75 Å². The van der Waals surface area contributed by atoms with Crippen LogP contribution >= 0.6 is 11.8 Å². The Balaban J connectivity index is 1.70. The summed E-state index contributed by atoms with van der Waals surface area (Å²) in [6.45, 7) is 2.36. The van der Waals surface area contributed by atoms with E-state index in [9.17, 15) is 4.79 Å². The quantitative estimate of drug-likeness (QED) is 0.602. The van der Waals surface area contributed by atoms with Gasteiger partial charge in [-0.1, -0.05) is 23.9 Å². The maximum Gasteiger partial charge on any atom is 0.319 e. The van der Waals surface area contributed by atoms with Crippen molar-refractivity contribution in [2.45, 2.75) is 36.4 Å². The summed E-state index contributed by atoms with van der Waals surface area (Å²) in [6, 6.07) is 11.4. The number of ether oxygens (including phenoxy) is 2. The summed E-state index contributed by atoms with van der Waals surface area (Å²) in [6.07, 6.45) is 2.22. The summed E-state index contributed by atoms with van der Waals surface area (Å²) in [5, 5.41) is 9.08. The third-order valence-electron chi connectivity index (χ3n) is 4.31. The van der Waals surface area contributed by atoms with Crippen molar-refractivity contribution < 1.29 is 18.7 Å². The highest BCUT2D eigenvalue weighted by Gasteiger charge is 2.34. The highest BCUT2D eigenvalue weighted by molar-refractivity contribution is 8.00. The molecule has 1 aliphatic rings. The van der Waals surface area contributed by atoms with E-state index in [1.165, 1.54) is 11.8 Å². The van der Waals surface area contributed by atoms with Crippen LogP contribution in [-0.2, 0) is 16.1 Å². The van der Waals surface area contributed by atoms with Gasteiger partial charge in [-0.25, -0.2) is 0 Å². The Kier molecular flexibility index (Phi) is 4.89.